The second kappa shape index (κ2) is 7.02. The summed E-state index contributed by atoms with van der Waals surface area (Å²) in [6.07, 6.45) is 5.77. The van der Waals surface area contributed by atoms with Crippen LogP contribution in [-0.2, 0) is 11.4 Å². The number of aromatic nitrogens is 1. The van der Waals surface area contributed by atoms with Gasteiger partial charge in [-0.1, -0.05) is 0 Å². The van der Waals surface area contributed by atoms with Gasteiger partial charge in [-0.05, 0) is 66.6 Å². The Kier molecular flexibility index (Phi) is 4.56. The molecular formula is C21H22N2O4. The van der Waals surface area contributed by atoms with Crippen LogP contribution in [0.15, 0.2) is 48.8 Å². The van der Waals surface area contributed by atoms with Crippen molar-refractivity contribution in [3.63, 3.8) is 0 Å². The molecule has 2 heterocycles. The minimum absolute atomic E-state index is 0.00180. The number of benzene rings is 1. The molecule has 1 saturated heterocycles. The van der Waals surface area contributed by atoms with E-state index in [0.717, 1.165) is 24.8 Å². The first-order chi connectivity index (χ1) is 13.1. The van der Waals surface area contributed by atoms with Gasteiger partial charge in [-0.15, -0.1) is 0 Å². The summed E-state index contributed by atoms with van der Waals surface area (Å²) in [5.41, 5.74) is 1.60. The molecule has 1 unspecified atom stereocenters. The van der Waals surface area contributed by atoms with E-state index in [2.05, 4.69) is 4.98 Å². The van der Waals surface area contributed by atoms with Crippen molar-refractivity contribution in [1.82, 2.24) is 9.88 Å². The maximum atomic E-state index is 12.7. The van der Waals surface area contributed by atoms with Crippen LogP contribution in [0.3, 0.4) is 0 Å². The number of piperidine rings is 1. The Morgan fingerprint density at radius 3 is 2.37 bits per heavy atom. The number of carboxylic acids is 1. The third kappa shape index (κ3) is 3.65. The summed E-state index contributed by atoms with van der Waals surface area (Å²) >= 11 is 0. The highest BCUT2D eigenvalue weighted by molar-refractivity contribution is 5.94. The third-order valence-electron chi connectivity index (χ3n) is 5.79. The smallest absolute Gasteiger partial charge is 0.307 e. The van der Waals surface area contributed by atoms with Crippen LogP contribution in [0.1, 0.15) is 35.2 Å². The molecule has 1 spiro atoms. The van der Waals surface area contributed by atoms with Crippen molar-refractivity contribution in [2.75, 3.05) is 13.1 Å². The number of aliphatic carboxylic acids is 1. The van der Waals surface area contributed by atoms with Crippen molar-refractivity contribution < 1.29 is 19.4 Å². The molecule has 0 bridgehead atoms. The van der Waals surface area contributed by atoms with Crippen molar-refractivity contribution in [3.8, 4) is 5.75 Å². The second-order valence-electron chi connectivity index (χ2n) is 7.42. The van der Waals surface area contributed by atoms with Crippen molar-refractivity contribution in [1.29, 1.82) is 0 Å². The molecule has 0 radical (unpaired) electrons. The number of ether oxygens (including phenoxy) is 1. The van der Waals surface area contributed by atoms with Crippen LogP contribution in [0, 0.1) is 11.3 Å². The van der Waals surface area contributed by atoms with E-state index in [1.165, 1.54) is 0 Å². The number of likely N-dealkylation sites (tertiary alicyclic amines) is 1. The second-order valence-corrected chi connectivity index (χ2v) is 7.42. The zero-order chi connectivity index (χ0) is 18.9. The molecule has 140 valence electrons. The topological polar surface area (TPSA) is 79.7 Å². The lowest BCUT2D eigenvalue weighted by Gasteiger charge is -2.32. The molecule has 27 heavy (non-hydrogen) atoms. The summed E-state index contributed by atoms with van der Waals surface area (Å²) in [6.45, 7) is 1.71. The van der Waals surface area contributed by atoms with Gasteiger partial charge < -0.3 is 14.7 Å². The minimum atomic E-state index is -0.697. The molecule has 1 aromatic heterocycles. The first-order valence-electron chi connectivity index (χ1n) is 9.21. The summed E-state index contributed by atoms with van der Waals surface area (Å²) in [6, 6.07) is 11.0. The monoisotopic (exact) mass is 366 g/mol. The molecule has 2 aromatic rings. The first-order valence-corrected chi connectivity index (χ1v) is 9.21. The van der Waals surface area contributed by atoms with Crippen LogP contribution in [0.5, 0.6) is 5.75 Å². The van der Waals surface area contributed by atoms with Crippen LogP contribution >= 0.6 is 0 Å². The summed E-state index contributed by atoms with van der Waals surface area (Å²) in [4.78, 5) is 29.7. The fourth-order valence-corrected chi connectivity index (χ4v) is 3.93. The van der Waals surface area contributed by atoms with Gasteiger partial charge in [0.15, 0.2) is 0 Å². The summed E-state index contributed by atoms with van der Waals surface area (Å²) < 4.78 is 5.73. The Labute approximate surface area is 157 Å². The van der Waals surface area contributed by atoms with Gasteiger partial charge in [0.05, 0.1) is 5.92 Å². The van der Waals surface area contributed by atoms with Gasteiger partial charge in [0, 0.05) is 31.0 Å². The summed E-state index contributed by atoms with van der Waals surface area (Å²) in [7, 11) is 0. The molecule has 1 amide bonds. The maximum Gasteiger partial charge on any atom is 0.307 e. The third-order valence-corrected chi connectivity index (χ3v) is 5.79. The minimum Gasteiger partial charge on any atom is -0.489 e. The highest BCUT2D eigenvalue weighted by atomic mass is 16.5. The van der Waals surface area contributed by atoms with E-state index in [-0.39, 0.29) is 17.2 Å². The molecule has 1 aliphatic heterocycles. The molecule has 1 N–H and O–H groups in total. The van der Waals surface area contributed by atoms with E-state index < -0.39 is 5.97 Å². The van der Waals surface area contributed by atoms with Gasteiger partial charge in [0.25, 0.3) is 5.91 Å². The lowest BCUT2D eigenvalue weighted by molar-refractivity contribution is -0.139. The standard InChI is InChI=1S/C21H22N2O4/c24-19(23-11-7-21(8-12-23)13-18(21)20(25)26)16-1-3-17(4-2-16)27-14-15-5-9-22-10-6-15/h1-6,9-10,18H,7-8,11-14H2,(H,25,26). The maximum absolute atomic E-state index is 12.7. The fraction of sp³-hybridized carbons (Fsp3) is 0.381. The largest absolute Gasteiger partial charge is 0.489 e. The number of hydrogen-bond acceptors (Lipinski definition) is 4. The summed E-state index contributed by atoms with van der Waals surface area (Å²) in [5.74, 6) is -0.204. The SMILES string of the molecule is O=C(O)C1CC12CCN(C(=O)c1ccc(OCc3ccncc3)cc1)CC2. The van der Waals surface area contributed by atoms with Gasteiger partial charge in [-0.3, -0.25) is 14.6 Å². The number of amides is 1. The lowest BCUT2D eigenvalue weighted by atomic mass is 9.90. The molecule has 2 fully saturated rings. The van der Waals surface area contributed by atoms with E-state index in [4.69, 9.17) is 4.74 Å². The quantitative estimate of drug-likeness (QED) is 0.880. The lowest BCUT2D eigenvalue weighted by Crippen LogP contribution is -2.39. The number of pyridine rings is 1. The number of carbonyl (C=O) groups is 2. The van der Waals surface area contributed by atoms with Crippen LogP contribution in [-0.4, -0.2) is 40.0 Å². The predicted octanol–water partition coefficient (Wildman–Crippen LogP) is 2.99. The predicted molar refractivity (Wildman–Crippen MR) is 98.3 cm³/mol. The fourth-order valence-electron chi connectivity index (χ4n) is 3.93. The highest BCUT2D eigenvalue weighted by Crippen LogP contribution is 2.59. The van der Waals surface area contributed by atoms with Crippen LogP contribution in [0.25, 0.3) is 0 Å². The first kappa shape index (κ1) is 17.5. The Morgan fingerprint density at radius 2 is 1.78 bits per heavy atom. The summed E-state index contributed by atoms with van der Waals surface area (Å²) in [5, 5.41) is 9.17. The van der Waals surface area contributed by atoms with Crippen molar-refractivity contribution in [3.05, 3.63) is 59.9 Å². The van der Waals surface area contributed by atoms with Gasteiger partial charge in [0.1, 0.15) is 12.4 Å². The average Bonchev–Trinajstić information content (AvgIpc) is 3.41. The Bertz CT molecular complexity index is 827. The van der Waals surface area contributed by atoms with Crippen molar-refractivity contribution in [2.24, 2.45) is 11.3 Å². The number of hydrogen-bond donors (Lipinski definition) is 1. The van der Waals surface area contributed by atoms with Crippen LogP contribution < -0.4 is 4.74 Å². The number of carboxylic acid groups (broad SMARTS) is 1. The molecule has 1 aromatic carbocycles. The Morgan fingerprint density at radius 1 is 1.11 bits per heavy atom. The Hall–Kier alpha value is -2.89. The normalized spacial score (nSPS) is 20.3. The number of nitrogens with zero attached hydrogens (tertiary/aromatic N) is 2. The van der Waals surface area contributed by atoms with Gasteiger partial charge in [-0.2, -0.15) is 0 Å². The van der Waals surface area contributed by atoms with Crippen molar-refractivity contribution >= 4 is 11.9 Å². The Balaban J connectivity index is 1.31. The van der Waals surface area contributed by atoms with Crippen LogP contribution in [0.4, 0.5) is 0 Å². The average molecular weight is 366 g/mol. The van der Waals surface area contributed by atoms with E-state index in [9.17, 15) is 14.7 Å². The molecule has 1 atom stereocenters. The highest BCUT2D eigenvalue weighted by Gasteiger charge is 2.59. The van der Waals surface area contributed by atoms with Gasteiger partial charge in [0.2, 0.25) is 0 Å². The van der Waals surface area contributed by atoms with Crippen molar-refractivity contribution in [2.45, 2.75) is 25.9 Å². The van der Waals surface area contributed by atoms with Crippen LogP contribution in [0.2, 0.25) is 0 Å². The molecule has 1 saturated carbocycles. The van der Waals surface area contributed by atoms with E-state index in [1.54, 1.807) is 36.7 Å². The van der Waals surface area contributed by atoms with Gasteiger partial charge >= 0.3 is 5.97 Å². The molecule has 6 nitrogen and oxygen atoms in total. The molecule has 6 heteroatoms. The number of rotatable bonds is 5. The molecule has 1 aliphatic carbocycles. The molecule has 2 aliphatic rings. The van der Waals surface area contributed by atoms with Gasteiger partial charge in [-0.25, -0.2) is 0 Å². The number of carbonyl (C=O) groups excluding carboxylic acids is 1. The van der Waals surface area contributed by atoms with E-state index in [0.29, 0.717) is 31.0 Å². The zero-order valence-electron chi connectivity index (χ0n) is 15.0. The zero-order valence-corrected chi connectivity index (χ0v) is 15.0. The van der Waals surface area contributed by atoms with E-state index >= 15 is 0 Å². The van der Waals surface area contributed by atoms with E-state index in [1.807, 2.05) is 17.0 Å². The molecular weight excluding hydrogens is 344 g/mol. The molecule has 4 rings (SSSR count).